The molecule has 1 aliphatic rings. The number of thiazole rings is 1. The van der Waals surface area contributed by atoms with Gasteiger partial charge in [0, 0.05) is 11.0 Å². The number of carbonyl (C=O) groups excluding carboxylic acids is 1. The summed E-state index contributed by atoms with van der Waals surface area (Å²) in [5.41, 5.74) is 1.26. The van der Waals surface area contributed by atoms with E-state index < -0.39 is 15.9 Å². The van der Waals surface area contributed by atoms with Crippen LogP contribution in [0.25, 0.3) is 10.6 Å². The first kappa shape index (κ1) is 20.2. The number of aromatic nitrogens is 1. The van der Waals surface area contributed by atoms with Gasteiger partial charge in [0.2, 0.25) is 5.75 Å². The zero-order valence-corrected chi connectivity index (χ0v) is 17.4. The maximum Gasteiger partial charge on any atom is 0.263 e. The van der Waals surface area contributed by atoms with Crippen molar-refractivity contribution in [2.45, 2.75) is 13.0 Å². The van der Waals surface area contributed by atoms with Crippen molar-refractivity contribution in [1.82, 2.24) is 10.3 Å². The number of amides is 1. The number of nitrogens with one attached hydrogen (secondary N) is 1. The lowest BCUT2D eigenvalue weighted by Gasteiger charge is -2.13. The monoisotopic (exact) mass is 424 g/mol. The predicted molar refractivity (Wildman–Crippen MR) is 106 cm³/mol. The first-order valence-electron chi connectivity index (χ1n) is 8.27. The molecular weight excluding hydrogens is 404 g/mol. The zero-order valence-electron chi connectivity index (χ0n) is 15.8. The Morgan fingerprint density at radius 1 is 1.18 bits per heavy atom. The van der Waals surface area contributed by atoms with Crippen molar-refractivity contribution in [3.05, 3.63) is 34.2 Å². The van der Waals surface area contributed by atoms with E-state index in [0.29, 0.717) is 38.4 Å². The maximum atomic E-state index is 12.6. The highest BCUT2D eigenvalue weighted by atomic mass is 32.2. The van der Waals surface area contributed by atoms with Crippen LogP contribution in [0.15, 0.2) is 23.6 Å². The van der Waals surface area contributed by atoms with Gasteiger partial charge in [0.1, 0.15) is 9.88 Å². The van der Waals surface area contributed by atoms with E-state index in [0.717, 1.165) is 5.41 Å². The van der Waals surface area contributed by atoms with Crippen LogP contribution in [-0.4, -0.2) is 52.4 Å². The van der Waals surface area contributed by atoms with E-state index in [-0.39, 0.29) is 11.7 Å². The summed E-state index contributed by atoms with van der Waals surface area (Å²) in [4.78, 5) is 17.5. The molecule has 2 heterocycles. The van der Waals surface area contributed by atoms with E-state index in [1.807, 2.05) is 0 Å². The normalized spacial score (nSPS) is 17.4. The van der Waals surface area contributed by atoms with Crippen LogP contribution < -0.4 is 19.5 Å². The van der Waals surface area contributed by atoms with Crippen LogP contribution in [0.5, 0.6) is 17.2 Å². The molecule has 1 aliphatic heterocycles. The van der Waals surface area contributed by atoms with E-state index in [4.69, 9.17) is 14.2 Å². The molecule has 2 aromatic rings. The minimum atomic E-state index is -3.24. The summed E-state index contributed by atoms with van der Waals surface area (Å²) >= 11 is 1.21. The molecule has 1 aromatic heterocycles. The molecule has 28 heavy (non-hydrogen) atoms. The lowest BCUT2D eigenvalue weighted by molar-refractivity contribution is 0.0951. The minimum Gasteiger partial charge on any atom is -0.493 e. The second-order valence-corrected chi connectivity index (χ2v) is 9.02. The Morgan fingerprint density at radius 3 is 2.32 bits per heavy atom. The lowest BCUT2D eigenvalue weighted by Crippen LogP contribution is -2.35. The van der Waals surface area contributed by atoms with Gasteiger partial charge in [-0.2, -0.15) is 0 Å². The van der Waals surface area contributed by atoms with Crippen LogP contribution in [0.2, 0.25) is 0 Å². The van der Waals surface area contributed by atoms with Crippen molar-refractivity contribution >= 4 is 27.1 Å². The second-order valence-electron chi connectivity index (χ2n) is 6.09. The van der Waals surface area contributed by atoms with Crippen LogP contribution in [0, 0.1) is 6.92 Å². The average Bonchev–Trinajstić information content (AvgIpc) is 3.22. The van der Waals surface area contributed by atoms with E-state index in [1.165, 1.54) is 38.7 Å². The molecule has 3 rings (SSSR count). The Kier molecular flexibility index (Phi) is 5.61. The predicted octanol–water partition coefficient (Wildman–Crippen LogP) is 2.18. The average molecular weight is 425 g/mol. The van der Waals surface area contributed by atoms with Crippen molar-refractivity contribution in [3.63, 3.8) is 0 Å². The molecule has 10 heteroatoms. The molecule has 1 atom stereocenters. The van der Waals surface area contributed by atoms with E-state index in [1.54, 1.807) is 19.1 Å². The van der Waals surface area contributed by atoms with Crippen LogP contribution in [0.3, 0.4) is 0 Å². The standard InChI is InChI=1S/C18H20N2O6S2/c1-10-16(17(21)20-12-5-6-28(22,23)9-12)27-18(19-10)11-7-13(24-2)15(26-4)14(8-11)25-3/h5-8,12H,9H2,1-4H3,(H,20,21)/t12-/m0/s1. The first-order chi connectivity index (χ1) is 13.3. The third-order valence-electron chi connectivity index (χ3n) is 4.16. The Morgan fingerprint density at radius 2 is 1.82 bits per heavy atom. The van der Waals surface area contributed by atoms with Gasteiger partial charge in [-0.15, -0.1) is 11.3 Å². The molecule has 150 valence electrons. The topological polar surface area (TPSA) is 104 Å². The minimum absolute atomic E-state index is 0.129. The highest BCUT2D eigenvalue weighted by Gasteiger charge is 2.26. The number of benzene rings is 1. The van der Waals surface area contributed by atoms with Gasteiger partial charge < -0.3 is 19.5 Å². The number of carbonyl (C=O) groups is 1. The van der Waals surface area contributed by atoms with Gasteiger partial charge in [0.25, 0.3) is 5.91 Å². The summed E-state index contributed by atoms with van der Waals surface area (Å²) in [7, 11) is 1.33. The number of nitrogens with zero attached hydrogens (tertiary/aromatic N) is 1. The fraction of sp³-hybridized carbons (Fsp3) is 0.333. The molecule has 1 aromatic carbocycles. The van der Waals surface area contributed by atoms with E-state index >= 15 is 0 Å². The molecule has 1 amide bonds. The van der Waals surface area contributed by atoms with Crippen LogP contribution >= 0.6 is 11.3 Å². The zero-order chi connectivity index (χ0) is 20.5. The van der Waals surface area contributed by atoms with Gasteiger partial charge >= 0.3 is 0 Å². The fourth-order valence-electron chi connectivity index (χ4n) is 2.83. The summed E-state index contributed by atoms with van der Waals surface area (Å²) < 4.78 is 39.1. The number of ether oxygens (including phenoxy) is 3. The van der Waals surface area contributed by atoms with Crippen LogP contribution in [0.1, 0.15) is 15.4 Å². The van der Waals surface area contributed by atoms with Gasteiger partial charge in [-0.3, -0.25) is 4.79 Å². The number of aryl methyl sites for hydroxylation is 1. The van der Waals surface area contributed by atoms with Crippen molar-refractivity contribution < 1.29 is 27.4 Å². The summed E-state index contributed by atoms with van der Waals surface area (Å²) in [6.45, 7) is 1.73. The van der Waals surface area contributed by atoms with Crippen LogP contribution in [0.4, 0.5) is 0 Å². The molecular formula is C18H20N2O6S2. The van der Waals surface area contributed by atoms with Crippen molar-refractivity contribution in [3.8, 4) is 27.8 Å². The number of methoxy groups -OCH3 is 3. The highest BCUT2D eigenvalue weighted by molar-refractivity contribution is 7.94. The maximum absolute atomic E-state index is 12.6. The van der Waals surface area contributed by atoms with Gasteiger partial charge in [-0.1, -0.05) is 0 Å². The SMILES string of the molecule is COc1cc(-c2nc(C)c(C(=O)N[C@H]3C=CS(=O)(=O)C3)s2)cc(OC)c1OC. The number of hydrogen-bond acceptors (Lipinski definition) is 8. The smallest absolute Gasteiger partial charge is 0.263 e. The molecule has 0 spiro atoms. The van der Waals surface area contributed by atoms with Crippen molar-refractivity contribution in [2.24, 2.45) is 0 Å². The third kappa shape index (κ3) is 3.97. The highest BCUT2D eigenvalue weighted by Crippen LogP contribution is 2.42. The number of hydrogen-bond donors (Lipinski definition) is 1. The van der Waals surface area contributed by atoms with E-state index in [2.05, 4.69) is 10.3 Å². The molecule has 0 unspecified atom stereocenters. The van der Waals surface area contributed by atoms with Gasteiger partial charge in [-0.05, 0) is 25.1 Å². The largest absolute Gasteiger partial charge is 0.493 e. The summed E-state index contributed by atoms with van der Waals surface area (Å²) in [6, 6.07) is 2.98. The quantitative estimate of drug-likeness (QED) is 0.758. The van der Waals surface area contributed by atoms with Crippen LogP contribution in [-0.2, 0) is 9.84 Å². The summed E-state index contributed by atoms with van der Waals surface area (Å²) in [6.07, 6.45) is 1.48. The van der Waals surface area contributed by atoms with Crippen molar-refractivity contribution in [1.29, 1.82) is 0 Å². The Labute approximate surface area is 167 Å². The first-order valence-corrected chi connectivity index (χ1v) is 10.8. The fourth-order valence-corrected chi connectivity index (χ4v) is 5.03. The Bertz CT molecular complexity index is 1020. The molecule has 0 radical (unpaired) electrons. The van der Waals surface area contributed by atoms with Gasteiger partial charge in [0.05, 0.1) is 38.8 Å². The molecule has 0 bridgehead atoms. The molecule has 0 saturated heterocycles. The van der Waals surface area contributed by atoms with Gasteiger partial charge in [0.15, 0.2) is 21.3 Å². The summed E-state index contributed by atoms with van der Waals surface area (Å²) in [5, 5.41) is 4.45. The third-order valence-corrected chi connectivity index (χ3v) is 6.76. The molecule has 0 fully saturated rings. The van der Waals surface area contributed by atoms with Crippen molar-refractivity contribution in [2.75, 3.05) is 27.1 Å². The Hall–Kier alpha value is -2.59. The lowest BCUT2D eigenvalue weighted by atomic mass is 10.2. The number of sulfone groups is 1. The molecule has 8 nitrogen and oxygen atoms in total. The van der Waals surface area contributed by atoms with E-state index in [9.17, 15) is 13.2 Å². The summed E-state index contributed by atoms with van der Waals surface area (Å²) in [5.74, 6) is 0.944. The molecule has 1 N–H and O–H groups in total. The number of rotatable bonds is 6. The van der Waals surface area contributed by atoms with Gasteiger partial charge in [-0.25, -0.2) is 13.4 Å². The second kappa shape index (κ2) is 7.80. The molecule has 0 saturated carbocycles. The Balaban J connectivity index is 1.90. The molecule has 0 aliphatic carbocycles.